The molecule has 3 rings (SSSR count). The number of nitrogen functional groups attached to an aromatic ring is 1. The van der Waals surface area contributed by atoms with E-state index in [0.717, 1.165) is 31.4 Å². The molecule has 1 heterocycles. The minimum absolute atomic E-state index is 0.0388. The molecule has 36 heavy (non-hydrogen) atoms. The van der Waals surface area contributed by atoms with Gasteiger partial charge in [-0.25, -0.2) is 13.4 Å². The number of halogens is 2. The Bertz CT molecular complexity index is 1130. The molecule has 6 N–H and O–H groups in total. The molecule has 1 aromatic carbocycles. The van der Waals surface area contributed by atoms with Crippen LogP contribution in [0.25, 0.3) is 0 Å². The molecule has 0 saturated heterocycles. The molecule has 198 valence electrons. The highest BCUT2D eigenvalue weighted by Crippen LogP contribution is 2.31. The van der Waals surface area contributed by atoms with Crippen LogP contribution in [-0.4, -0.2) is 65.4 Å². The average Bonchev–Trinajstić information content (AvgIpc) is 3.36. The summed E-state index contributed by atoms with van der Waals surface area (Å²) in [6.07, 6.45) is 7.85. The second-order valence-electron chi connectivity index (χ2n) is 8.63. The molecule has 14 heteroatoms. The number of carboxylic acid groups (broad SMARTS) is 1. The highest BCUT2D eigenvalue weighted by Gasteiger charge is 2.34. The Morgan fingerprint density at radius 1 is 1.22 bits per heavy atom. The van der Waals surface area contributed by atoms with Crippen LogP contribution in [0.15, 0.2) is 29.4 Å². The van der Waals surface area contributed by atoms with Gasteiger partial charge < -0.3 is 26.0 Å². The summed E-state index contributed by atoms with van der Waals surface area (Å²) in [5.74, 6) is -1.20. The number of sulfonamides is 1. The van der Waals surface area contributed by atoms with Crippen LogP contribution in [0.5, 0.6) is 0 Å². The molecule has 11 nitrogen and oxygen atoms in total. The van der Waals surface area contributed by atoms with Gasteiger partial charge in [0, 0.05) is 25.0 Å². The van der Waals surface area contributed by atoms with E-state index in [9.17, 15) is 23.1 Å². The van der Waals surface area contributed by atoms with Gasteiger partial charge >= 0.3 is 5.97 Å². The van der Waals surface area contributed by atoms with Gasteiger partial charge in [-0.2, -0.15) is 4.72 Å². The molecule has 0 aliphatic heterocycles. The number of nitrogens with zero attached hydrogens (tertiary/aromatic N) is 2. The second kappa shape index (κ2) is 12.6. The third-order valence-corrected chi connectivity index (χ3v) is 8.10. The Kier molecular flexibility index (Phi) is 9.83. The van der Waals surface area contributed by atoms with E-state index in [1.165, 1.54) is 4.90 Å². The summed E-state index contributed by atoms with van der Waals surface area (Å²) >= 11 is 12.1. The fourth-order valence-corrected chi connectivity index (χ4v) is 6.10. The molecule has 0 radical (unpaired) electrons. The molecule has 2 aromatic rings. The van der Waals surface area contributed by atoms with E-state index in [-0.39, 0.29) is 33.1 Å². The molecule has 0 unspecified atom stereocenters. The number of carbonyl (C=O) groups excluding carboxylic acids is 1. The van der Waals surface area contributed by atoms with Crippen LogP contribution in [0.4, 0.5) is 11.6 Å². The number of hydrogen-bond donors (Lipinski definition) is 5. The molecule has 1 atom stereocenters. The average molecular weight is 561 g/mol. The molecule has 0 bridgehead atoms. The van der Waals surface area contributed by atoms with Gasteiger partial charge in [0.25, 0.3) is 0 Å². The Morgan fingerprint density at radius 2 is 1.89 bits per heavy atom. The standard InChI is InChI=1S/C22H30Cl2N6O5S/c23-16-11-15(12-17(24)20(16)25)36(34,35)29-18(7-4-8-26-22-27-9-10-28-22)21(33)30(13-19(31)32)14-5-2-1-3-6-14/h9-12,14,18,29H,1-8,13,25H2,(H,31,32)(H2,26,27,28)/t18-/m0/s1. The Hall–Kier alpha value is -2.54. The van der Waals surface area contributed by atoms with Crippen LogP contribution >= 0.6 is 23.2 Å². The Morgan fingerprint density at radius 3 is 2.47 bits per heavy atom. The SMILES string of the molecule is Nc1c(Cl)cc(S(=O)(=O)N[C@@H](CCCNc2ncc[nH]2)C(=O)N(CC(=O)O)C2CCCCC2)cc1Cl. The summed E-state index contributed by atoms with van der Waals surface area (Å²) in [5, 5.41) is 12.4. The van der Waals surface area contributed by atoms with Gasteiger partial charge in [-0.05, 0) is 37.8 Å². The van der Waals surface area contributed by atoms with Gasteiger partial charge in [0.2, 0.25) is 15.9 Å². The molecule has 0 spiro atoms. The molecule has 1 aliphatic rings. The Balaban J connectivity index is 1.83. The molecule has 1 aromatic heterocycles. The van der Waals surface area contributed by atoms with Crippen molar-refractivity contribution in [3.8, 4) is 0 Å². The zero-order chi connectivity index (χ0) is 26.3. The number of benzene rings is 1. The maximum absolute atomic E-state index is 13.6. The molecule has 1 saturated carbocycles. The number of anilines is 2. The van der Waals surface area contributed by atoms with Crippen LogP contribution in [0, 0.1) is 0 Å². The molecular weight excluding hydrogens is 531 g/mol. The van der Waals surface area contributed by atoms with Crippen molar-refractivity contribution in [2.75, 3.05) is 24.1 Å². The number of hydrogen-bond acceptors (Lipinski definition) is 7. The van der Waals surface area contributed by atoms with Crippen molar-refractivity contribution < 1.29 is 23.1 Å². The van der Waals surface area contributed by atoms with Crippen LogP contribution in [0.1, 0.15) is 44.9 Å². The highest BCUT2D eigenvalue weighted by molar-refractivity contribution is 7.89. The number of aliphatic carboxylic acids is 1. The summed E-state index contributed by atoms with van der Waals surface area (Å²) in [6, 6.07) is 0.837. The van der Waals surface area contributed by atoms with Gasteiger partial charge in [0.15, 0.2) is 5.95 Å². The van der Waals surface area contributed by atoms with Crippen molar-refractivity contribution in [1.82, 2.24) is 19.6 Å². The van der Waals surface area contributed by atoms with Crippen LogP contribution < -0.4 is 15.8 Å². The molecular formula is C22H30Cl2N6O5S. The Labute approximate surface area is 219 Å². The van der Waals surface area contributed by atoms with Crippen molar-refractivity contribution in [3.05, 3.63) is 34.6 Å². The summed E-state index contributed by atoms with van der Waals surface area (Å²) in [6.45, 7) is -0.104. The summed E-state index contributed by atoms with van der Waals surface area (Å²) in [4.78, 5) is 33.2. The van der Waals surface area contributed by atoms with E-state index in [2.05, 4.69) is 20.0 Å². The first kappa shape index (κ1) is 28.0. The number of carboxylic acids is 1. The lowest BCUT2D eigenvalue weighted by atomic mass is 9.93. The van der Waals surface area contributed by atoms with E-state index >= 15 is 0 Å². The van der Waals surface area contributed by atoms with Gasteiger partial charge in [-0.15, -0.1) is 0 Å². The van der Waals surface area contributed by atoms with Gasteiger partial charge in [0.05, 0.1) is 20.6 Å². The number of rotatable bonds is 12. The van der Waals surface area contributed by atoms with Crippen molar-refractivity contribution in [1.29, 1.82) is 0 Å². The first-order valence-electron chi connectivity index (χ1n) is 11.6. The summed E-state index contributed by atoms with van der Waals surface area (Å²) < 4.78 is 28.9. The number of carbonyl (C=O) groups is 2. The smallest absolute Gasteiger partial charge is 0.323 e. The first-order chi connectivity index (χ1) is 17.1. The van der Waals surface area contributed by atoms with Crippen LogP contribution in [-0.2, 0) is 19.6 Å². The molecule has 1 aliphatic carbocycles. The maximum atomic E-state index is 13.6. The summed E-state index contributed by atoms with van der Waals surface area (Å²) in [5.41, 5.74) is 5.76. The normalized spacial score (nSPS) is 15.4. The van der Waals surface area contributed by atoms with Gasteiger partial charge in [-0.3, -0.25) is 9.59 Å². The number of imidazole rings is 1. The monoisotopic (exact) mass is 560 g/mol. The van der Waals surface area contributed by atoms with E-state index < -0.39 is 34.5 Å². The highest BCUT2D eigenvalue weighted by atomic mass is 35.5. The molecule has 1 fully saturated rings. The summed E-state index contributed by atoms with van der Waals surface area (Å²) in [7, 11) is -4.25. The number of aromatic nitrogens is 2. The molecule has 1 amide bonds. The van der Waals surface area contributed by atoms with Crippen LogP contribution in [0.2, 0.25) is 10.0 Å². The minimum atomic E-state index is -4.25. The third-order valence-electron chi connectivity index (χ3n) is 6.02. The number of nitrogens with one attached hydrogen (secondary N) is 3. The predicted octanol–water partition coefficient (Wildman–Crippen LogP) is 3.08. The van der Waals surface area contributed by atoms with Gasteiger partial charge in [0.1, 0.15) is 12.6 Å². The largest absolute Gasteiger partial charge is 0.480 e. The van der Waals surface area contributed by atoms with Crippen molar-refractivity contribution in [2.45, 2.75) is 61.9 Å². The number of aromatic amines is 1. The lowest BCUT2D eigenvalue weighted by molar-refractivity contribution is -0.147. The lowest BCUT2D eigenvalue weighted by Gasteiger charge is -2.35. The van der Waals surface area contributed by atoms with Crippen LogP contribution in [0.3, 0.4) is 0 Å². The topological polar surface area (TPSA) is 171 Å². The zero-order valence-corrected chi connectivity index (χ0v) is 21.9. The van der Waals surface area contributed by atoms with E-state index in [0.29, 0.717) is 31.8 Å². The van der Waals surface area contributed by atoms with Crippen molar-refractivity contribution >= 4 is 56.7 Å². The van der Waals surface area contributed by atoms with E-state index in [1.54, 1.807) is 12.4 Å². The predicted molar refractivity (Wildman–Crippen MR) is 138 cm³/mol. The number of amides is 1. The minimum Gasteiger partial charge on any atom is -0.480 e. The van der Waals surface area contributed by atoms with E-state index in [4.69, 9.17) is 28.9 Å². The fraction of sp³-hybridized carbons (Fsp3) is 0.500. The number of nitrogens with two attached hydrogens (primary N) is 1. The third kappa shape index (κ3) is 7.48. The maximum Gasteiger partial charge on any atom is 0.323 e. The zero-order valence-electron chi connectivity index (χ0n) is 19.5. The van der Waals surface area contributed by atoms with E-state index in [1.807, 2.05) is 0 Å². The lowest BCUT2D eigenvalue weighted by Crippen LogP contribution is -2.53. The fourth-order valence-electron chi connectivity index (χ4n) is 4.20. The quantitative estimate of drug-likeness (QED) is 0.194. The van der Waals surface area contributed by atoms with Gasteiger partial charge in [-0.1, -0.05) is 42.5 Å². The second-order valence-corrected chi connectivity index (χ2v) is 11.2. The van der Waals surface area contributed by atoms with Crippen molar-refractivity contribution in [2.24, 2.45) is 0 Å². The van der Waals surface area contributed by atoms with Crippen molar-refractivity contribution in [3.63, 3.8) is 0 Å². The number of H-pyrrole nitrogens is 1. The first-order valence-corrected chi connectivity index (χ1v) is 13.8.